The number of carboxylic acid groups (broad SMARTS) is 1. The highest BCUT2D eigenvalue weighted by Crippen LogP contribution is 2.20. The quantitative estimate of drug-likeness (QED) is 0.231. The molecule has 172 valence electrons. The van der Waals surface area contributed by atoms with E-state index >= 15 is 0 Å². The molecular formula is C19H35N5O5S. The van der Waals surface area contributed by atoms with E-state index in [1.54, 1.807) is 11.8 Å². The van der Waals surface area contributed by atoms with Crippen LogP contribution in [0.3, 0.4) is 0 Å². The second kappa shape index (κ2) is 13.5. The van der Waals surface area contributed by atoms with Crippen LogP contribution in [0.15, 0.2) is 0 Å². The maximum atomic E-state index is 13.2. The molecule has 0 aromatic carbocycles. The monoisotopic (exact) mass is 445 g/mol. The maximum absolute atomic E-state index is 13.2. The van der Waals surface area contributed by atoms with Gasteiger partial charge in [0.2, 0.25) is 17.7 Å². The second-order valence-corrected chi connectivity index (χ2v) is 8.48. The van der Waals surface area contributed by atoms with Crippen LogP contribution in [0.4, 0.5) is 0 Å². The van der Waals surface area contributed by atoms with Gasteiger partial charge in [0, 0.05) is 6.54 Å². The summed E-state index contributed by atoms with van der Waals surface area (Å²) in [6.07, 6.45) is 5.38. The topological polar surface area (TPSA) is 168 Å². The first-order valence-corrected chi connectivity index (χ1v) is 11.7. The summed E-state index contributed by atoms with van der Waals surface area (Å²) in [6.45, 7) is 2.28. The largest absolute Gasteiger partial charge is 0.480 e. The minimum Gasteiger partial charge on any atom is -0.480 e. The van der Waals surface area contributed by atoms with E-state index in [2.05, 4.69) is 10.6 Å². The first kappa shape index (κ1) is 26.2. The van der Waals surface area contributed by atoms with Gasteiger partial charge >= 0.3 is 5.97 Å². The number of hydrogen-bond donors (Lipinski definition) is 5. The number of thioether (sulfide) groups is 1. The number of hydrogen-bond acceptors (Lipinski definition) is 7. The zero-order valence-electron chi connectivity index (χ0n) is 17.8. The maximum Gasteiger partial charge on any atom is 0.325 e. The summed E-state index contributed by atoms with van der Waals surface area (Å²) in [5, 5.41) is 14.2. The third kappa shape index (κ3) is 8.11. The molecule has 1 saturated heterocycles. The molecule has 11 heteroatoms. The van der Waals surface area contributed by atoms with Crippen molar-refractivity contribution < 1.29 is 24.3 Å². The van der Waals surface area contributed by atoms with Crippen LogP contribution in [0.1, 0.15) is 45.4 Å². The molecule has 3 amide bonds. The van der Waals surface area contributed by atoms with Crippen LogP contribution in [0.25, 0.3) is 0 Å². The number of rotatable bonds is 13. The molecule has 0 aromatic rings. The van der Waals surface area contributed by atoms with E-state index in [0.717, 1.165) is 12.8 Å². The van der Waals surface area contributed by atoms with E-state index in [0.29, 0.717) is 44.5 Å². The Balaban J connectivity index is 2.81. The minimum absolute atomic E-state index is 0.341. The number of carbonyl (C=O) groups is 4. The van der Waals surface area contributed by atoms with Crippen molar-refractivity contribution >= 4 is 35.5 Å². The molecule has 0 radical (unpaired) electrons. The van der Waals surface area contributed by atoms with E-state index in [4.69, 9.17) is 16.6 Å². The summed E-state index contributed by atoms with van der Waals surface area (Å²) in [6, 6.07) is -3.30. The van der Waals surface area contributed by atoms with Crippen molar-refractivity contribution in [2.45, 2.75) is 69.6 Å². The van der Waals surface area contributed by atoms with Gasteiger partial charge in [-0.15, -0.1) is 0 Å². The third-order valence-corrected chi connectivity index (χ3v) is 5.74. The molecule has 1 heterocycles. The first-order valence-electron chi connectivity index (χ1n) is 10.3. The Labute approximate surface area is 181 Å². The SMILES string of the molecule is CSCCC(NC(=O)C(N)CCCCN)C(=O)N1CCCC1C(=O)NC(C)C(=O)O. The Morgan fingerprint density at radius 2 is 1.90 bits per heavy atom. The van der Waals surface area contributed by atoms with Crippen LogP contribution >= 0.6 is 11.8 Å². The van der Waals surface area contributed by atoms with Crippen LogP contribution in [-0.4, -0.2) is 83.0 Å². The Bertz CT molecular complexity index is 606. The molecule has 1 rings (SSSR count). The zero-order chi connectivity index (χ0) is 22.7. The normalized spacial score (nSPS) is 19.1. The smallest absolute Gasteiger partial charge is 0.325 e. The van der Waals surface area contributed by atoms with E-state index in [1.165, 1.54) is 11.8 Å². The highest BCUT2D eigenvalue weighted by Gasteiger charge is 2.38. The molecule has 1 aliphatic heterocycles. The van der Waals surface area contributed by atoms with E-state index in [-0.39, 0.29) is 5.91 Å². The summed E-state index contributed by atoms with van der Waals surface area (Å²) in [4.78, 5) is 50.6. The van der Waals surface area contributed by atoms with Gasteiger partial charge in [-0.2, -0.15) is 11.8 Å². The lowest BCUT2D eigenvalue weighted by Gasteiger charge is -2.29. The molecule has 0 bridgehead atoms. The van der Waals surface area contributed by atoms with Gasteiger partial charge in [-0.25, -0.2) is 0 Å². The summed E-state index contributed by atoms with van der Waals surface area (Å²) in [5.74, 6) is -1.73. The molecular weight excluding hydrogens is 410 g/mol. The molecule has 1 aliphatic rings. The number of unbranched alkanes of at least 4 members (excludes halogenated alkanes) is 1. The van der Waals surface area contributed by atoms with Crippen molar-refractivity contribution in [3.8, 4) is 0 Å². The standard InChI is InChI=1S/C19H35N5O5S/c1-12(19(28)29)22-17(26)15-7-5-10-24(15)18(27)14(8-11-30-2)23-16(25)13(21)6-3-4-9-20/h12-15H,3-11,20-21H2,1-2H3,(H,22,26)(H,23,25)(H,28,29). The van der Waals surface area contributed by atoms with Crippen LogP contribution in [0, 0.1) is 0 Å². The predicted molar refractivity (Wildman–Crippen MR) is 116 cm³/mol. The number of likely N-dealkylation sites (tertiary alicyclic amines) is 1. The van der Waals surface area contributed by atoms with Crippen LogP contribution < -0.4 is 22.1 Å². The summed E-state index contributed by atoms with van der Waals surface area (Å²) in [7, 11) is 0. The minimum atomic E-state index is -1.15. The van der Waals surface area contributed by atoms with Gasteiger partial charge in [0.1, 0.15) is 18.1 Å². The van der Waals surface area contributed by atoms with Gasteiger partial charge in [-0.1, -0.05) is 6.42 Å². The van der Waals surface area contributed by atoms with Crippen molar-refractivity contribution in [1.82, 2.24) is 15.5 Å². The van der Waals surface area contributed by atoms with Gasteiger partial charge in [-0.3, -0.25) is 19.2 Å². The Hall–Kier alpha value is -1.85. The molecule has 10 nitrogen and oxygen atoms in total. The fourth-order valence-corrected chi connectivity index (χ4v) is 3.76. The van der Waals surface area contributed by atoms with Crippen molar-refractivity contribution in [2.24, 2.45) is 11.5 Å². The van der Waals surface area contributed by atoms with Gasteiger partial charge in [-0.05, 0) is 57.6 Å². The fourth-order valence-electron chi connectivity index (χ4n) is 3.29. The molecule has 0 aliphatic carbocycles. The number of amides is 3. The van der Waals surface area contributed by atoms with Gasteiger partial charge < -0.3 is 32.1 Å². The fraction of sp³-hybridized carbons (Fsp3) is 0.789. The Kier molecular flexibility index (Phi) is 11.7. The highest BCUT2D eigenvalue weighted by atomic mass is 32.2. The Morgan fingerprint density at radius 1 is 1.20 bits per heavy atom. The van der Waals surface area contributed by atoms with Gasteiger partial charge in [0.15, 0.2) is 0 Å². The molecule has 30 heavy (non-hydrogen) atoms. The number of nitrogens with two attached hydrogens (primary N) is 2. The predicted octanol–water partition coefficient (Wildman–Crippen LogP) is -0.739. The molecule has 0 saturated carbocycles. The molecule has 7 N–H and O–H groups in total. The number of carboxylic acids is 1. The lowest BCUT2D eigenvalue weighted by molar-refractivity contribution is -0.144. The average Bonchev–Trinajstić information content (AvgIpc) is 3.20. The molecule has 0 spiro atoms. The lowest BCUT2D eigenvalue weighted by Crippen LogP contribution is -2.56. The van der Waals surface area contributed by atoms with E-state index in [1.807, 2.05) is 6.26 Å². The van der Waals surface area contributed by atoms with Crippen molar-refractivity contribution in [3.05, 3.63) is 0 Å². The van der Waals surface area contributed by atoms with Crippen molar-refractivity contribution in [2.75, 3.05) is 25.1 Å². The number of nitrogens with zero attached hydrogens (tertiary/aromatic N) is 1. The van der Waals surface area contributed by atoms with E-state index in [9.17, 15) is 19.2 Å². The van der Waals surface area contributed by atoms with Crippen LogP contribution in [0.2, 0.25) is 0 Å². The van der Waals surface area contributed by atoms with Crippen molar-refractivity contribution in [3.63, 3.8) is 0 Å². The zero-order valence-corrected chi connectivity index (χ0v) is 18.6. The number of carbonyl (C=O) groups excluding carboxylic acids is 3. The Morgan fingerprint density at radius 3 is 2.50 bits per heavy atom. The molecule has 0 aromatic heterocycles. The third-order valence-electron chi connectivity index (χ3n) is 5.10. The first-order chi connectivity index (χ1) is 14.2. The summed E-state index contributed by atoms with van der Waals surface area (Å²) >= 11 is 1.55. The van der Waals surface area contributed by atoms with Crippen LogP contribution in [0.5, 0.6) is 0 Å². The molecule has 1 fully saturated rings. The molecule has 4 atom stereocenters. The summed E-state index contributed by atoms with van der Waals surface area (Å²) in [5.41, 5.74) is 11.4. The lowest BCUT2D eigenvalue weighted by atomic mass is 10.1. The average molecular weight is 446 g/mol. The van der Waals surface area contributed by atoms with Gasteiger partial charge in [0.25, 0.3) is 0 Å². The second-order valence-electron chi connectivity index (χ2n) is 7.49. The van der Waals surface area contributed by atoms with Crippen LogP contribution in [-0.2, 0) is 19.2 Å². The highest BCUT2D eigenvalue weighted by molar-refractivity contribution is 7.98. The van der Waals surface area contributed by atoms with Gasteiger partial charge in [0.05, 0.1) is 6.04 Å². The number of aliphatic carboxylic acids is 1. The number of nitrogens with one attached hydrogen (secondary N) is 2. The van der Waals surface area contributed by atoms with Crippen molar-refractivity contribution in [1.29, 1.82) is 0 Å². The summed E-state index contributed by atoms with van der Waals surface area (Å²) < 4.78 is 0. The van der Waals surface area contributed by atoms with E-state index < -0.39 is 42.0 Å². The molecule has 4 unspecified atom stereocenters.